The molecule has 0 unspecified atom stereocenters. The van der Waals surface area contributed by atoms with Crippen LogP contribution in [0.15, 0.2) is 36.7 Å². The van der Waals surface area contributed by atoms with Crippen molar-refractivity contribution >= 4 is 23.5 Å². The van der Waals surface area contributed by atoms with Gasteiger partial charge in [0.15, 0.2) is 5.54 Å². The number of aromatic nitrogens is 2. The molecule has 8 nitrogen and oxygen atoms in total. The predicted molar refractivity (Wildman–Crippen MR) is 105 cm³/mol. The Kier molecular flexibility index (Phi) is 5.92. The Labute approximate surface area is 163 Å². The van der Waals surface area contributed by atoms with Crippen LogP contribution in [0, 0.1) is 0 Å². The summed E-state index contributed by atoms with van der Waals surface area (Å²) < 4.78 is 1.25. The molecule has 0 bridgehead atoms. The maximum absolute atomic E-state index is 12.2. The van der Waals surface area contributed by atoms with Gasteiger partial charge in [0.1, 0.15) is 0 Å². The number of nitrogens with one attached hydrogen (secondary N) is 2. The number of aliphatic carboxylic acids is 1. The number of carboxylic acid groups (broad SMARTS) is 1. The van der Waals surface area contributed by atoms with Gasteiger partial charge in [-0.15, -0.1) is 0 Å². The summed E-state index contributed by atoms with van der Waals surface area (Å²) in [5, 5.41) is 18.3. The molecule has 0 radical (unpaired) electrons. The van der Waals surface area contributed by atoms with Crippen LogP contribution in [0.2, 0.25) is 0 Å². The van der Waals surface area contributed by atoms with E-state index in [0.717, 1.165) is 5.56 Å². The number of nitrogens with zero attached hydrogens (tertiary/aromatic N) is 2. The first kappa shape index (κ1) is 21.1. The molecule has 0 fully saturated rings. The first-order valence-corrected chi connectivity index (χ1v) is 8.88. The first-order chi connectivity index (χ1) is 12.9. The van der Waals surface area contributed by atoms with E-state index in [2.05, 4.69) is 36.5 Å². The fourth-order valence-corrected chi connectivity index (χ4v) is 2.38. The summed E-state index contributed by atoms with van der Waals surface area (Å²) in [5.41, 5.74) is 0.688. The zero-order valence-electron chi connectivity index (χ0n) is 16.7. The quantitative estimate of drug-likeness (QED) is 0.705. The van der Waals surface area contributed by atoms with Crippen molar-refractivity contribution in [3.63, 3.8) is 0 Å². The molecule has 1 aromatic heterocycles. The van der Waals surface area contributed by atoms with Crippen molar-refractivity contribution in [3.05, 3.63) is 47.8 Å². The normalized spacial score (nSPS) is 11.8. The number of hydrogen-bond donors (Lipinski definition) is 3. The number of amides is 2. The van der Waals surface area contributed by atoms with Gasteiger partial charge in [-0.05, 0) is 37.0 Å². The van der Waals surface area contributed by atoms with Gasteiger partial charge in [0.25, 0.3) is 5.91 Å². The van der Waals surface area contributed by atoms with Crippen molar-refractivity contribution in [2.24, 2.45) is 0 Å². The number of carbonyl (C=O) groups is 3. The van der Waals surface area contributed by atoms with Gasteiger partial charge < -0.3 is 15.7 Å². The summed E-state index contributed by atoms with van der Waals surface area (Å²) in [4.78, 5) is 35.5. The SMILES string of the molecule is CC(C)(C)c1ccc(C(=O)NCC(=O)Nc2cnn(C(C)(C)C(=O)O)c2)cc1. The molecule has 150 valence electrons. The summed E-state index contributed by atoms with van der Waals surface area (Å²) in [6, 6.07) is 7.25. The van der Waals surface area contributed by atoms with Gasteiger partial charge in [-0.1, -0.05) is 32.9 Å². The molecular formula is C20H26N4O4. The summed E-state index contributed by atoms with van der Waals surface area (Å²) in [6.07, 6.45) is 2.79. The first-order valence-electron chi connectivity index (χ1n) is 8.88. The maximum Gasteiger partial charge on any atom is 0.331 e. The van der Waals surface area contributed by atoms with E-state index in [1.807, 2.05) is 12.1 Å². The second kappa shape index (κ2) is 7.84. The highest BCUT2D eigenvalue weighted by Gasteiger charge is 2.30. The Bertz CT molecular complexity index is 876. The highest BCUT2D eigenvalue weighted by Crippen LogP contribution is 2.22. The van der Waals surface area contributed by atoms with E-state index in [1.54, 1.807) is 12.1 Å². The van der Waals surface area contributed by atoms with Gasteiger partial charge in [0.05, 0.1) is 18.4 Å². The minimum Gasteiger partial charge on any atom is -0.479 e. The monoisotopic (exact) mass is 386 g/mol. The average molecular weight is 386 g/mol. The smallest absolute Gasteiger partial charge is 0.331 e. The van der Waals surface area contributed by atoms with Crippen molar-refractivity contribution in [1.82, 2.24) is 15.1 Å². The van der Waals surface area contributed by atoms with Crippen molar-refractivity contribution in [3.8, 4) is 0 Å². The molecule has 0 aliphatic carbocycles. The molecule has 0 aliphatic rings. The third-order valence-corrected chi connectivity index (χ3v) is 4.39. The van der Waals surface area contributed by atoms with Crippen LogP contribution in [0.5, 0.6) is 0 Å². The maximum atomic E-state index is 12.2. The molecule has 1 aromatic carbocycles. The van der Waals surface area contributed by atoms with E-state index in [4.69, 9.17) is 0 Å². The van der Waals surface area contributed by atoms with Crippen molar-refractivity contribution in [1.29, 1.82) is 0 Å². The Morgan fingerprint density at radius 3 is 2.21 bits per heavy atom. The molecular weight excluding hydrogens is 360 g/mol. The highest BCUT2D eigenvalue weighted by atomic mass is 16.4. The Balaban J connectivity index is 1.91. The minimum atomic E-state index is -1.24. The summed E-state index contributed by atoms with van der Waals surface area (Å²) >= 11 is 0. The van der Waals surface area contributed by atoms with Crippen LogP contribution in [0.25, 0.3) is 0 Å². The highest BCUT2D eigenvalue weighted by molar-refractivity contribution is 5.99. The van der Waals surface area contributed by atoms with Crippen LogP contribution in [0.3, 0.4) is 0 Å². The summed E-state index contributed by atoms with van der Waals surface area (Å²) in [7, 11) is 0. The van der Waals surface area contributed by atoms with E-state index in [-0.39, 0.29) is 17.9 Å². The molecule has 1 heterocycles. The average Bonchev–Trinajstić information content (AvgIpc) is 3.08. The molecule has 0 aliphatic heterocycles. The lowest BCUT2D eigenvalue weighted by atomic mass is 9.87. The van der Waals surface area contributed by atoms with Crippen molar-refractivity contribution in [2.75, 3.05) is 11.9 Å². The van der Waals surface area contributed by atoms with E-state index in [9.17, 15) is 19.5 Å². The van der Waals surface area contributed by atoms with Gasteiger partial charge in [-0.2, -0.15) is 5.10 Å². The van der Waals surface area contributed by atoms with Gasteiger partial charge >= 0.3 is 5.97 Å². The molecule has 2 amide bonds. The van der Waals surface area contributed by atoms with E-state index in [0.29, 0.717) is 11.3 Å². The number of carbonyl (C=O) groups excluding carboxylic acids is 2. The van der Waals surface area contributed by atoms with Crippen molar-refractivity contribution < 1.29 is 19.5 Å². The number of rotatable bonds is 6. The third-order valence-electron chi connectivity index (χ3n) is 4.39. The van der Waals surface area contributed by atoms with E-state index < -0.39 is 17.4 Å². The van der Waals surface area contributed by atoms with Gasteiger partial charge in [-0.3, -0.25) is 14.3 Å². The largest absolute Gasteiger partial charge is 0.479 e. The zero-order valence-corrected chi connectivity index (χ0v) is 16.7. The molecule has 0 saturated carbocycles. The number of carboxylic acids is 1. The van der Waals surface area contributed by atoms with E-state index >= 15 is 0 Å². The number of hydrogen-bond acceptors (Lipinski definition) is 4. The fourth-order valence-electron chi connectivity index (χ4n) is 2.38. The van der Waals surface area contributed by atoms with Crippen LogP contribution in [-0.2, 0) is 20.5 Å². The van der Waals surface area contributed by atoms with Crippen molar-refractivity contribution in [2.45, 2.75) is 45.6 Å². The molecule has 28 heavy (non-hydrogen) atoms. The Morgan fingerprint density at radius 1 is 1.07 bits per heavy atom. The fraction of sp³-hybridized carbons (Fsp3) is 0.400. The summed E-state index contributed by atoms with van der Waals surface area (Å²) in [6.45, 7) is 9.05. The lowest BCUT2D eigenvalue weighted by molar-refractivity contribution is -0.146. The summed E-state index contributed by atoms with van der Waals surface area (Å²) in [5.74, 6) is -1.83. The minimum absolute atomic E-state index is 0.00542. The van der Waals surface area contributed by atoms with Crippen LogP contribution < -0.4 is 10.6 Å². The predicted octanol–water partition coefficient (Wildman–Crippen LogP) is 2.37. The second-order valence-corrected chi connectivity index (χ2v) is 8.10. The van der Waals surface area contributed by atoms with Gasteiger partial charge in [0.2, 0.25) is 5.91 Å². The second-order valence-electron chi connectivity index (χ2n) is 8.10. The molecule has 0 atom stereocenters. The molecule has 3 N–H and O–H groups in total. The topological polar surface area (TPSA) is 113 Å². The number of anilines is 1. The van der Waals surface area contributed by atoms with Crippen LogP contribution in [0.1, 0.15) is 50.5 Å². The number of benzene rings is 1. The molecule has 0 spiro atoms. The Hall–Kier alpha value is -3.16. The lowest BCUT2D eigenvalue weighted by Gasteiger charge is -2.19. The zero-order chi connectivity index (χ0) is 21.1. The van der Waals surface area contributed by atoms with Crippen LogP contribution >= 0.6 is 0 Å². The molecule has 8 heteroatoms. The van der Waals surface area contributed by atoms with E-state index in [1.165, 1.54) is 30.9 Å². The standard InChI is InChI=1S/C20H26N4O4/c1-19(2,3)14-8-6-13(7-9-14)17(26)21-11-16(25)23-15-10-22-24(12-15)20(4,5)18(27)28/h6-10,12H,11H2,1-5H3,(H,21,26)(H,23,25)(H,27,28). The Morgan fingerprint density at radius 2 is 1.68 bits per heavy atom. The molecule has 2 rings (SSSR count). The third kappa shape index (κ3) is 4.97. The molecule has 2 aromatic rings. The molecule has 0 saturated heterocycles. The van der Waals surface area contributed by atoms with Crippen LogP contribution in [0.4, 0.5) is 5.69 Å². The lowest BCUT2D eigenvalue weighted by Crippen LogP contribution is -2.36. The van der Waals surface area contributed by atoms with Gasteiger partial charge in [-0.25, -0.2) is 4.79 Å². The van der Waals surface area contributed by atoms with Gasteiger partial charge in [0, 0.05) is 11.8 Å². The van der Waals surface area contributed by atoms with Crippen LogP contribution in [-0.4, -0.2) is 39.2 Å².